The van der Waals surface area contributed by atoms with Crippen LogP contribution in [0.25, 0.3) is 33.6 Å². The molecule has 0 aliphatic heterocycles. The highest BCUT2D eigenvalue weighted by Gasteiger charge is 2.18. The molecule has 0 saturated carbocycles. The van der Waals surface area contributed by atoms with Crippen LogP contribution in [0.2, 0.25) is 0 Å². The molecule has 5 nitrogen and oxygen atoms in total. The first-order chi connectivity index (χ1) is 18.9. The second-order valence-corrected chi connectivity index (χ2v) is 9.06. The van der Waals surface area contributed by atoms with Crippen molar-refractivity contribution < 1.29 is 4.39 Å². The molecule has 0 amide bonds. The van der Waals surface area contributed by atoms with Crippen molar-refractivity contribution in [2.45, 2.75) is 47.6 Å². The molecule has 6 heteroatoms. The summed E-state index contributed by atoms with van der Waals surface area (Å²) in [5.74, 6) is -0.281. The fourth-order valence-electron chi connectivity index (χ4n) is 4.35. The Morgan fingerprint density at radius 1 is 1.10 bits per heavy atom. The van der Waals surface area contributed by atoms with Crippen molar-refractivity contribution >= 4 is 22.2 Å². The smallest absolute Gasteiger partial charge is 0.181 e. The third-order valence-electron chi connectivity index (χ3n) is 6.06. The number of hydrogen-bond acceptors (Lipinski definition) is 3. The van der Waals surface area contributed by atoms with E-state index in [1.165, 1.54) is 6.07 Å². The van der Waals surface area contributed by atoms with Gasteiger partial charge in [-0.3, -0.25) is 5.10 Å². The predicted octanol–water partition coefficient (Wildman–Crippen LogP) is 8.52. The molecule has 39 heavy (non-hydrogen) atoms. The van der Waals surface area contributed by atoms with Crippen LogP contribution in [0.15, 0.2) is 91.8 Å². The van der Waals surface area contributed by atoms with Gasteiger partial charge in [-0.15, -0.1) is 0 Å². The Kier molecular flexibility index (Phi) is 9.98. The summed E-state index contributed by atoms with van der Waals surface area (Å²) in [5, 5.41) is 11.8. The minimum Gasteiger partial charge on any atom is -0.383 e. The highest BCUT2D eigenvalue weighted by molar-refractivity contribution is 5.94. The molecule has 0 saturated heterocycles. The van der Waals surface area contributed by atoms with Crippen molar-refractivity contribution in [3.8, 4) is 11.4 Å². The van der Waals surface area contributed by atoms with Crippen LogP contribution in [0.1, 0.15) is 57.0 Å². The van der Waals surface area contributed by atoms with E-state index < -0.39 is 0 Å². The van der Waals surface area contributed by atoms with Crippen LogP contribution in [0.5, 0.6) is 0 Å². The molecule has 1 aromatic carbocycles. The van der Waals surface area contributed by atoms with Gasteiger partial charge < -0.3 is 10.3 Å². The average molecular weight is 524 g/mol. The average Bonchev–Trinajstić information content (AvgIpc) is 3.53. The maximum Gasteiger partial charge on any atom is 0.181 e. The molecule has 4 rings (SSSR count). The molecule has 202 valence electrons. The SMILES string of the molecule is C=C/C=C(/c1ccccc1F)c1cc(-c2[nH]nc3ncc(C(/C=C(\C=C)NC(C)C)=C/C)cc23)[nH]c1C.CC. The van der Waals surface area contributed by atoms with Crippen LogP contribution in [0.3, 0.4) is 0 Å². The van der Waals surface area contributed by atoms with Crippen molar-refractivity contribution in [2.75, 3.05) is 0 Å². The summed E-state index contributed by atoms with van der Waals surface area (Å²) in [6.07, 6.45) is 11.2. The van der Waals surface area contributed by atoms with Crippen LogP contribution in [0.4, 0.5) is 4.39 Å². The molecular formula is C33H38FN5. The first-order valence-corrected chi connectivity index (χ1v) is 13.3. The van der Waals surface area contributed by atoms with Gasteiger partial charge in [0.25, 0.3) is 0 Å². The van der Waals surface area contributed by atoms with Gasteiger partial charge in [0.2, 0.25) is 0 Å². The largest absolute Gasteiger partial charge is 0.383 e. The summed E-state index contributed by atoms with van der Waals surface area (Å²) >= 11 is 0. The molecule has 0 aliphatic rings. The molecule has 0 aliphatic carbocycles. The molecule has 3 heterocycles. The number of aryl methyl sites for hydroxylation is 1. The standard InChI is InChI=1S/C31H32FN5.C2H6/c1-7-12-24(25-13-10-11-14-28(25)32)26-17-29(35-20(26)6)30-27-16-22(18-33-31(27)37-36-30)21(8-2)15-23(9-3)34-19(4)5;1-2/h7-19,34-35H,1,3H2,2,4-6H3,(H,33,36,37);1-2H3/b21-8+,23-15+,24-12-;. The number of fused-ring (bicyclic) bond motifs is 1. The Morgan fingerprint density at radius 2 is 1.85 bits per heavy atom. The third kappa shape index (κ3) is 6.52. The molecule has 0 atom stereocenters. The number of halogens is 1. The lowest BCUT2D eigenvalue weighted by Gasteiger charge is -2.12. The van der Waals surface area contributed by atoms with Gasteiger partial charge in [0.1, 0.15) is 5.82 Å². The van der Waals surface area contributed by atoms with E-state index in [-0.39, 0.29) is 11.9 Å². The minimum atomic E-state index is -0.281. The number of aromatic nitrogens is 4. The number of hydrogen-bond donors (Lipinski definition) is 3. The lowest BCUT2D eigenvalue weighted by atomic mass is 9.97. The van der Waals surface area contributed by atoms with Crippen LogP contribution < -0.4 is 5.32 Å². The predicted molar refractivity (Wildman–Crippen MR) is 164 cm³/mol. The maximum atomic E-state index is 14.7. The van der Waals surface area contributed by atoms with Crippen molar-refractivity contribution in [3.63, 3.8) is 0 Å². The van der Waals surface area contributed by atoms with Crippen LogP contribution in [-0.4, -0.2) is 26.2 Å². The van der Waals surface area contributed by atoms with Gasteiger partial charge in [-0.1, -0.05) is 63.4 Å². The molecule has 3 N–H and O–H groups in total. The number of rotatable bonds is 9. The Balaban J connectivity index is 0.00000205. The number of pyridine rings is 1. The molecule has 4 aromatic rings. The second kappa shape index (κ2) is 13.4. The molecule has 0 bridgehead atoms. The third-order valence-corrected chi connectivity index (χ3v) is 6.06. The summed E-state index contributed by atoms with van der Waals surface area (Å²) in [6.45, 7) is 19.9. The fraction of sp³-hybridized carbons (Fsp3) is 0.212. The van der Waals surface area contributed by atoms with Crippen molar-refractivity contribution in [1.29, 1.82) is 0 Å². The molecule has 0 fully saturated rings. The molecule has 3 aromatic heterocycles. The minimum absolute atomic E-state index is 0.281. The van der Waals surface area contributed by atoms with E-state index in [4.69, 9.17) is 0 Å². The summed E-state index contributed by atoms with van der Waals surface area (Å²) in [5.41, 5.74) is 8.26. The first kappa shape index (κ1) is 29.1. The summed E-state index contributed by atoms with van der Waals surface area (Å²) in [4.78, 5) is 8.04. The Hall–Kier alpha value is -4.45. The Morgan fingerprint density at radius 3 is 2.49 bits per heavy atom. The lowest BCUT2D eigenvalue weighted by molar-refractivity contribution is 0.624. The van der Waals surface area contributed by atoms with E-state index in [0.717, 1.165) is 50.4 Å². The zero-order valence-electron chi connectivity index (χ0n) is 23.7. The quantitative estimate of drug-likeness (QED) is 0.193. The van der Waals surface area contributed by atoms with E-state index in [9.17, 15) is 4.39 Å². The van der Waals surface area contributed by atoms with Gasteiger partial charge in [-0.2, -0.15) is 5.10 Å². The van der Waals surface area contributed by atoms with Gasteiger partial charge in [-0.05, 0) is 69.2 Å². The topological polar surface area (TPSA) is 69.4 Å². The maximum absolute atomic E-state index is 14.7. The number of H-pyrrole nitrogens is 2. The fourth-order valence-corrected chi connectivity index (χ4v) is 4.35. The highest BCUT2D eigenvalue weighted by Crippen LogP contribution is 2.34. The van der Waals surface area contributed by atoms with Crippen molar-refractivity contribution in [2.24, 2.45) is 0 Å². The van der Waals surface area contributed by atoms with Crippen molar-refractivity contribution in [3.05, 3.63) is 120 Å². The highest BCUT2D eigenvalue weighted by atomic mass is 19.1. The van der Waals surface area contributed by atoms with Crippen LogP contribution in [0, 0.1) is 12.7 Å². The Labute approximate surface area is 231 Å². The summed E-state index contributed by atoms with van der Waals surface area (Å²) in [6, 6.07) is 11.1. The number of aromatic amines is 2. The van der Waals surface area contributed by atoms with E-state index >= 15 is 0 Å². The second-order valence-electron chi connectivity index (χ2n) is 9.06. The zero-order valence-corrected chi connectivity index (χ0v) is 23.7. The number of allylic oxidation sites excluding steroid dienone is 6. The summed E-state index contributed by atoms with van der Waals surface area (Å²) < 4.78 is 14.7. The van der Waals surface area contributed by atoms with Gasteiger partial charge in [0.15, 0.2) is 5.65 Å². The summed E-state index contributed by atoms with van der Waals surface area (Å²) in [7, 11) is 0. The van der Waals surface area contributed by atoms with E-state index in [0.29, 0.717) is 11.2 Å². The van der Waals surface area contributed by atoms with Gasteiger partial charge in [0.05, 0.1) is 11.4 Å². The van der Waals surface area contributed by atoms with E-state index in [1.807, 2.05) is 64.3 Å². The van der Waals surface area contributed by atoms with E-state index in [2.05, 4.69) is 64.6 Å². The normalized spacial score (nSPS) is 12.4. The molecule has 0 radical (unpaired) electrons. The lowest BCUT2D eigenvalue weighted by Crippen LogP contribution is -2.20. The van der Waals surface area contributed by atoms with Gasteiger partial charge in [0, 0.05) is 45.7 Å². The van der Waals surface area contributed by atoms with Gasteiger partial charge in [-0.25, -0.2) is 9.37 Å². The molecule has 0 unspecified atom stereocenters. The van der Waals surface area contributed by atoms with Gasteiger partial charge >= 0.3 is 0 Å². The number of nitrogens with zero attached hydrogens (tertiary/aromatic N) is 2. The van der Waals surface area contributed by atoms with Crippen LogP contribution in [-0.2, 0) is 0 Å². The molecule has 0 spiro atoms. The monoisotopic (exact) mass is 523 g/mol. The first-order valence-electron chi connectivity index (χ1n) is 13.3. The molecular weight excluding hydrogens is 485 g/mol. The Bertz CT molecular complexity index is 1550. The van der Waals surface area contributed by atoms with E-state index in [1.54, 1.807) is 18.2 Å². The van der Waals surface area contributed by atoms with Crippen LogP contribution >= 0.6 is 0 Å². The van der Waals surface area contributed by atoms with Crippen molar-refractivity contribution in [1.82, 2.24) is 25.5 Å². The number of nitrogens with one attached hydrogen (secondary N) is 3. The number of benzene rings is 1. The zero-order chi connectivity index (χ0) is 28.5.